The maximum absolute atomic E-state index is 13.3. The van der Waals surface area contributed by atoms with Gasteiger partial charge < -0.3 is 19.7 Å². The SMILES string of the molecule is C[C@@H](Cn1ccc(C(=O)N2CCN(c3ccc(C(F)(F)F)cn3)CC2)c1)Nc1cn[nH]c(=O)c1C(F)(F)F. The number of pyridine rings is 1. The van der Waals surface area contributed by atoms with E-state index < -0.39 is 40.8 Å². The molecule has 1 fully saturated rings. The lowest BCUT2D eigenvalue weighted by molar-refractivity contribution is -0.138. The highest BCUT2D eigenvalue weighted by Crippen LogP contribution is 2.32. The van der Waals surface area contributed by atoms with Crippen LogP contribution < -0.4 is 15.8 Å². The maximum atomic E-state index is 13.3. The van der Waals surface area contributed by atoms with Crippen LogP contribution in [0.1, 0.15) is 28.4 Å². The largest absolute Gasteiger partial charge is 0.423 e. The minimum Gasteiger partial charge on any atom is -0.379 e. The fourth-order valence-corrected chi connectivity index (χ4v) is 4.16. The van der Waals surface area contributed by atoms with Gasteiger partial charge in [0.15, 0.2) is 0 Å². The number of amides is 1. The van der Waals surface area contributed by atoms with Crippen LogP contribution in [-0.2, 0) is 18.9 Å². The Morgan fingerprint density at radius 3 is 2.37 bits per heavy atom. The van der Waals surface area contributed by atoms with E-state index >= 15 is 0 Å². The molecule has 1 aliphatic heterocycles. The van der Waals surface area contributed by atoms with Crippen LogP contribution in [-0.4, -0.2) is 62.8 Å². The summed E-state index contributed by atoms with van der Waals surface area (Å²) in [5.41, 5.74) is -3.62. The molecule has 38 heavy (non-hydrogen) atoms. The van der Waals surface area contributed by atoms with E-state index in [4.69, 9.17) is 0 Å². The van der Waals surface area contributed by atoms with Crippen LogP contribution in [0.5, 0.6) is 0 Å². The van der Waals surface area contributed by atoms with Gasteiger partial charge in [-0.1, -0.05) is 0 Å². The van der Waals surface area contributed by atoms with Gasteiger partial charge in [-0.2, -0.15) is 31.4 Å². The van der Waals surface area contributed by atoms with Crippen molar-refractivity contribution in [2.45, 2.75) is 31.9 Å². The normalized spacial score (nSPS) is 15.4. The number of anilines is 2. The minimum absolute atomic E-state index is 0.199. The maximum Gasteiger partial charge on any atom is 0.423 e. The first-order chi connectivity index (χ1) is 17.8. The van der Waals surface area contributed by atoms with E-state index in [0.717, 1.165) is 18.5 Å². The molecule has 0 unspecified atom stereocenters. The number of nitrogens with one attached hydrogen (secondary N) is 2. The molecule has 3 aromatic heterocycles. The number of nitrogens with zero attached hydrogens (tertiary/aromatic N) is 5. The Balaban J connectivity index is 1.33. The predicted molar refractivity (Wildman–Crippen MR) is 125 cm³/mol. The number of aromatic nitrogens is 4. The van der Waals surface area contributed by atoms with E-state index in [1.165, 1.54) is 6.07 Å². The summed E-state index contributed by atoms with van der Waals surface area (Å²) in [6.45, 7) is 3.26. The molecule has 0 aromatic carbocycles. The lowest BCUT2D eigenvalue weighted by Crippen LogP contribution is -2.49. The number of aromatic amines is 1. The van der Waals surface area contributed by atoms with Gasteiger partial charge in [-0.3, -0.25) is 9.59 Å². The van der Waals surface area contributed by atoms with Gasteiger partial charge in [-0.25, -0.2) is 10.1 Å². The Bertz CT molecular complexity index is 1330. The summed E-state index contributed by atoms with van der Waals surface area (Å²) in [6, 6.07) is 3.31. The van der Waals surface area contributed by atoms with Crippen molar-refractivity contribution < 1.29 is 31.1 Å². The summed E-state index contributed by atoms with van der Waals surface area (Å²) in [5, 5.41) is 7.85. The highest BCUT2D eigenvalue weighted by molar-refractivity contribution is 5.94. The van der Waals surface area contributed by atoms with E-state index in [0.29, 0.717) is 37.6 Å². The van der Waals surface area contributed by atoms with Crippen molar-refractivity contribution in [3.05, 3.63) is 70.0 Å². The summed E-state index contributed by atoms with van der Waals surface area (Å²) in [6.07, 6.45) is -4.46. The summed E-state index contributed by atoms with van der Waals surface area (Å²) in [4.78, 5) is 31.9. The van der Waals surface area contributed by atoms with Crippen molar-refractivity contribution in [1.82, 2.24) is 24.6 Å². The molecule has 4 heterocycles. The molecule has 9 nitrogen and oxygen atoms in total. The zero-order chi connectivity index (χ0) is 27.7. The van der Waals surface area contributed by atoms with Gasteiger partial charge in [-0.15, -0.1) is 0 Å². The fourth-order valence-electron chi connectivity index (χ4n) is 4.16. The standard InChI is InChI=1S/C23H23F6N7O2/c1-14(32-17-11-31-33-20(37)19(17)23(27,28)29)12-34-5-4-15(13-34)21(38)36-8-6-35(7-9-36)18-3-2-16(10-30-18)22(24,25)26/h2-5,10-11,13-14H,6-9,12H2,1H3,(H2,32,33,37)/t14-/m0/s1. The molecule has 4 rings (SSSR count). The van der Waals surface area contributed by atoms with Gasteiger partial charge in [0.05, 0.1) is 23.0 Å². The predicted octanol–water partition coefficient (Wildman–Crippen LogP) is 3.47. The second-order valence-corrected chi connectivity index (χ2v) is 8.81. The molecule has 3 aromatic rings. The average molecular weight is 543 g/mol. The number of hydrogen-bond donors (Lipinski definition) is 2. The van der Waals surface area contributed by atoms with Crippen LogP contribution in [0.15, 0.2) is 47.8 Å². The first-order valence-corrected chi connectivity index (χ1v) is 11.5. The van der Waals surface area contributed by atoms with Gasteiger partial charge in [0.2, 0.25) is 0 Å². The molecular weight excluding hydrogens is 520 g/mol. The third-order valence-electron chi connectivity index (χ3n) is 5.99. The first kappa shape index (κ1) is 27.0. The Morgan fingerprint density at radius 1 is 1.05 bits per heavy atom. The topological polar surface area (TPSA) is 99.2 Å². The van der Waals surface area contributed by atoms with E-state index in [9.17, 15) is 35.9 Å². The minimum atomic E-state index is -4.86. The lowest BCUT2D eigenvalue weighted by Gasteiger charge is -2.35. The molecular formula is C23H23F6N7O2. The number of halogens is 6. The first-order valence-electron chi connectivity index (χ1n) is 11.5. The van der Waals surface area contributed by atoms with Crippen molar-refractivity contribution in [1.29, 1.82) is 0 Å². The van der Waals surface area contributed by atoms with E-state index in [1.807, 2.05) is 0 Å². The number of piperazine rings is 1. The summed E-state index contributed by atoms with van der Waals surface area (Å²) >= 11 is 0. The van der Waals surface area contributed by atoms with Crippen LogP contribution in [0.3, 0.4) is 0 Å². The molecule has 2 N–H and O–H groups in total. The number of rotatable bonds is 6. The third kappa shape index (κ3) is 6.08. The van der Waals surface area contributed by atoms with Crippen LogP contribution in [0.25, 0.3) is 0 Å². The highest BCUT2D eigenvalue weighted by Gasteiger charge is 2.37. The molecule has 1 atom stereocenters. The van der Waals surface area contributed by atoms with Gasteiger partial charge in [0, 0.05) is 57.4 Å². The monoisotopic (exact) mass is 543 g/mol. The highest BCUT2D eigenvalue weighted by atomic mass is 19.4. The van der Waals surface area contributed by atoms with Crippen molar-refractivity contribution >= 4 is 17.4 Å². The molecule has 204 valence electrons. The second-order valence-electron chi connectivity index (χ2n) is 8.81. The van der Waals surface area contributed by atoms with Crippen LogP contribution in [0.2, 0.25) is 0 Å². The van der Waals surface area contributed by atoms with E-state index in [2.05, 4.69) is 15.4 Å². The number of hydrogen-bond acceptors (Lipinski definition) is 6. The smallest absolute Gasteiger partial charge is 0.379 e. The summed E-state index contributed by atoms with van der Waals surface area (Å²) in [5.74, 6) is 0.143. The Kier molecular flexibility index (Phi) is 7.37. The molecule has 0 bridgehead atoms. The Hall–Kier alpha value is -4.04. The molecule has 1 aliphatic rings. The van der Waals surface area contributed by atoms with E-state index in [1.54, 1.807) is 44.8 Å². The molecule has 0 radical (unpaired) electrons. The van der Waals surface area contributed by atoms with Crippen molar-refractivity contribution in [2.24, 2.45) is 0 Å². The van der Waals surface area contributed by atoms with Crippen molar-refractivity contribution in [3.63, 3.8) is 0 Å². The van der Waals surface area contributed by atoms with Crippen LogP contribution in [0, 0.1) is 0 Å². The number of H-pyrrole nitrogens is 1. The van der Waals surface area contributed by atoms with E-state index in [-0.39, 0.29) is 12.5 Å². The molecule has 1 saturated heterocycles. The van der Waals surface area contributed by atoms with Gasteiger partial charge in [0.25, 0.3) is 11.5 Å². The molecule has 0 aliphatic carbocycles. The summed E-state index contributed by atoms with van der Waals surface area (Å²) in [7, 11) is 0. The van der Waals surface area contributed by atoms with Gasteiger partial charge >= 0.3 is 12.4 Å². The fraction of sp³-hybridized carbons (Fsp3) is 0.391. The van der Waals surface area contributed by atoms with Gasteiger partial charge in [0.1, 0.15) is 11.4 Å². The Labute approximate surface area is 212 Å². The summed E-state index contributed by atoms with van der Waals surface area (Å²) < 4.78 is 79.6. The third-order valence-corrected chi connectivity index (χ3v) is 5.99. The van der Waals surface area contributed by atoms with Crippen molar-refractivity contribution in [3.8, 4) is 0 Å². The molecule has 1 amide bonds. The van der Waals surface area contributed by atoms with Crippen LogP contribution >= 0.6 is 0 Å². The zero-order valence-corrected chi connectivity index (χ0v) is 20.0. The average Bonchev–Trinajstić information content (AvgIpc) is 3.30. The molecule has 15 heteroatoms. The lowest BCUT2D eigenvalue weighted by atomic mass is 10.2. The second kappa shape index (κ2) is 10.4. The molecule has 0 spiro atoms. The number of carbonyl (C=O) groups is 1. The number of alkyl halides is 6. The van der Waals surface area contributed by atoms with Crippen LogP contribution in [0.4, 0.5) is 37.8 Å². The number of carbonyl (C=O) groups excluding carboxylic acids is 1. The zero-order valence-electron chi connectivity index (χ0n) is 20.0. The quantitative estimate of drug-likeness (QED) is 0.462. The molecule has 0 saturated carbocycles. The van der Waals surface area contributed by atoms with Crippen molar-refractivity contribution in [2.75, 3.05) is 36.4 Å². The Morgan fingerprint density at radius 2 is 1.76 bits per heavy atom. The van der Waals surface area contributed by atoms with Gasteiger partial charge in [-0.05, 0) is 25.1 Å².